The third kappa shape index (κ3) is 5.65. The fraction of sp³-hybridized carbons (Fsp3) is 0.200. The number of aromatic nitrogens is 1. The Labute approximate surface area is 241 Å². The van der Waals surface area contributed by atoms with Gasteiger partial charge in [0, 0.05) is 22.9 Å². The number of benzene rings is 3. The molecule has 0 spiro atoms. The van der Waals surface area contributed by atoms with E-state index in [0.29, 0.717) is 51.3 Å². The summed E-state index contributed by atoms with van der Waals surface area (Å²) >= 11 is 5.99. The molecule has 0 radical (unpaired) electrons. The van der Waals surface area contributed by atoms with Crippen LogP contribution < -0.4 is 29.1 Å². The maximum absolute atomic E-state index is 13.3. The number of methoxy groups -OCH3 is 4. The lowest BCUT2D eigenvalue weighted by atomic mass is 10.0. The van der Waals surface area contributed by atoms with Crippen molar-refractivity contribution in [3.63, 3.8) is 0 Å². The second-order valence-corrected chi connectivity index (χ2v) is 9.22. The molecule has 10 nitrogen and oxygen atoms in total. The highest BCUT2D eigenvalue weighted by Crippen LogP contribution is 2.44. The molecule has 2 N–H and O–H groups in total. The number of rotatable bonds is 11. The topological polar surface area (TPSA) is 117 Å². The Kier molecular flexibility index (Phi) is 8.32. The first-order chi connectivity index (χ1) is 20.0. The minimum atomic E-state index is -0.782. The molecule has 1 atom stereocenters. The molecule has 0 saturated carbocycles. The number of ether oxygens (including phenoxy) is 4. The number of furan rings is 1. The molecule has 1 amide bonds. The molecule has 0 fully saturated rings. The van der Waals surface area contributed by atoms with Gasteiger partial charge in [-0.1, -0.05) is 29.4 Å². The van der Waals surface area contributed by atoms with Gasteiger partial charge in [0.2, 0.25) is 11.7 Å². The minimum Gasteiger partial charge on any atom is -0.495 e. The molecule has 3 aromatic carbocycles. The van der Waals surface area contributed by atoms with E-state index in [0.717, 1.165) is 16.5 Å². The summed E-state index contributed by atoms with van der Waals surface area (Å²) < 4.78 is 33.5. The van der Waals surface area contributed by atoms with E-state index < -0.39 is 6.04 Å². The van der Waals surface area contributed by atoms with Gasteiger partial charge in [-0.15, -0.1) is 0 Å². The summed E-state index contributed by atoms with van der Waals surface area (Å²) in [6.07, 6.45) is 1.83. The Morgan fingerprint density at radius 3 is 2.29 bits per heavy atom. The van der Waals surface area contributed by atoms with Gasteiger partial charge >= 0.3 is 0 Å². The van der Waals surface area contributed by atoms with E-state index in [1.165, 1.54) is 28.4 Å². The number of hydrogen-bond acceptors (Lipinski definition) is 9. The average molecular weight is 578 g/mol. The van der Waals surface area contributed by atoms with Crippen LogP contribution in [0.4, 0.5) is 5.69 Å². The van der Waals surface area contributed by atoms with E-state index in [2.05, 4.69) is 15.3 Å². The van der Waals surface area contributed by atoms with Crippen LogP contribution in [0.2, 0.25) is 0 Å². The number of anilines is 1. The van der Waals surface area contributed by atoms with Crippen molar-refractivity contribution in [2.45, 2.75) is 12.5 Å². The summed E-state index contributed by atoms with van der Waals surface area (Å²) in [4.78, 5) is 15.8. The summed E-state index contributed by atoms with van der Waals surface area (Å²) in [5.41, 5.74) is 3.23. The molecule has 212 valence electrons. The van der Waals surface area contributed by atoms with Crippen LogP contribution in [0, 0.1) is 0 Å². The normalized spacial score (nSPS) is 11.7. The number of carbonyl (C=O) groups excluding carboxylic acids is 1. The number of nitrogens with zero attached hydrogens (tertiary/aromatic N) is 1. The van der Waals surface area contributed by atoms with Crippen LogP contribution in [-0.4, -0.2) is 45.5 Å². The molecular formula is C30H28ClN3O7. The summed E-state index contributed by atoms with van der Waals surface area (Å²) in [7, 11) is 6.14. The van der Waals surface area contributed by atoms with Crippen molar-refractivity contribution in [1.82, 2.24) is 9.99 Å². The Morgan fingerprint density at radius 2 is 1.63 bits per heavy atom. The molecule has 5 aromatic rings. The van der Waals surface area contributed by atoms with Gasteiger partial charge in [0.15, 0.2) is 17.3 Å². The Hall–Kier alpha value is -4.67. The van der Waals surface area contributed by atoms with Crippen molar-refractivity contribution < 1.29 is 32.7 Å². The van der Waals surface area contributed by atoms with E-state index >= 15 is 0 Å². The van der Waals surface area contributed by atoms with E-state index in [9.17, 15) is 4.79 Å². The lowest BCUT2D eigenvalue weighted by molar-refractivity contribution is -0.117. The van der Waals surface area contributed by atoms with Gasteiger partial charge in [-0.05, 0) is 53.7 Å². The summed E-state index contributed by atoms with van der Waals surface area (Å²) in [6.45, 7) is 0. The minimum absolute atomic E-state index is 0.239. The summed E-state index contributed by atoms with van der Waals surface area (Å²) in [5.74, 6) is 2.58. The predicted octanol–water partition coefficient (Wildman–Crippen LogP) is 6.08. The lowest BCUT2D eigenvalue weighted by Crippen LogP contribution is -2.37. The van der Waals surface area contributed by atoms with Gasteiger partial charge in [-0.2, -0.15) is 0 Å². The smallest absolute Gasteiger partial charge is 0.243 e. The van der Waals surface area contributed by atoms with Crippen LogP contribution in [0.5, 0.6) is 23.0 Å². The van der Waals surface area contributed by atoms with Crippen LogP contribution in [0.3, 0.4) is 0 Å². The van der Waals surface area contributed by atoms with Gasteiger partial charge < -0.3 is 33.2 Å². The predicted molar refractivity (Wildman–Crippen MR) is 155 cm³/mol. The molecular weight excluding hydrogens is 550 g/mol. The fourth-order valence-corrected chi connectivity index (χ4v) is 4.75. The molecule has 2 aromatic heterocycles. The maximum Gasteiger partial charge on any atom is 0.243 e. The summed E-state index contributed by atoms with van der Waals surface area (Å²) in [6, 6.07) is 17.6. The number of carbonyl (C=O) groups is 1. The Balaban J connectivity index is 1.44. The third-order valence-corrected chi connectivity index (χ3v) is 6.86. The van der Waals surface area contributed by atoms with Crippen molar-refractivity contribution in [3.05, 3.63) is 72.6 Å². The number of hydrogen-bond donors (Lipinski definition) is 2. The van der Waals surface area contributed by atoms with Gasteiger partial charge in [-0.25, -0.2) is 4.84 Å². The molecule has 5 rings (SSSR count). The van der Waals surface area contributed by atoms with Gasteiger partial charge in [0.25, 0.3) is 0 Å². The first-order valence-corrected chi connectivity index (χ1v) is 12.9. The van der Waals surface area contributed by atoms with Crippen molar-refractivity contribution in [3.8, 4) is 45.4 Å². The van der Waals surface area contributed by atoms with Gasteiger partial charge in [-0.3, -0.25) is 4.79 Å². The molecule has 0 saturated heterocycles. The molecule has 0 aliphatic rings. The highest BCUT2D eigenvalue weighted by atomic mass is 35.5. The zero-order valence-electron chi connectivity index (χ0n) is 22.8. The van der Waals surface area contributed by atoms with E-state index in [1.807, 2.05) is 36.4 Å². The Morgan fingerprint density at radius 1 is 0.902 bits per heavy atom. The third-order valence-electron chi connectivity index (χ3n) is 6.60. The first kappa shape index (κ1) is 27.9. The monoisotopic (exact) mass is 577 g/mol. The number of para-hydroxylation sites is 1. The zero-order valence-corrected chi connectivity index (χ0v) is 23.6. The SMILES string of the molecule is COc1ccc(-c2cnoc2-c2cc(OC)c(OC)c(OC)c2)cc1NC(=O)C(Cc1cc2ccccc2o1)NCl. The van der Waals surface area contributed by atoms with E-state index in [1.54, 1.807) is 30.5 Å². The number of fused-ring (bicyclic) bond motifs is 1. The highest BCUT2D eigenvalue weighted by molar-refractivity contribution is 6.15. The molecule has 0 bridgehead atoms. The zero-order chi connectivity index (χ0) is 28.9. The van der Waals surface area contributed by atoms with Crippen LogP contribution in [0.1, 0.15) is 5.76 Å². The van der Waals surface area contributed by atoms with Crippen LogP contribution in [0.25, 0.3) is 33.4 Å². The molecule has 2 heterocycles. The van der Waals surface area contributed by atoms with Gasteiger partial charge in [0.1, 0.15) is 23.1 Å². The van der Waals surface area contributed by atoms with Crippen LogP contribution in [-0.2, 0) is 11.2 Å². The first-order valence-electron chi connectivity index (χ1n) is 12.6. The number of nitrogens with one attached hydrogen (secondary N) is 2. The molecule has 0 aliphatic heterocycles. The molecule has 11 heteroatoms. The molecule has 1 unspecified atom stereocenters. The van der Waals surface area contributed by atoms with Crippen molar-refractivity contribution in [2.75, 3.05) is 33.8 Å². The van der Waals surface area contributed by atoms with Crippen molar-refractivity contribution in [1.29, 1.82) is 0 Å². The average Bonchev–Trinajstić information content (AvgIpc) is 3.66. The second-order valence-electron chi connectivity index (χ2n) is 9.00. The van der Waals surface area contributed by atoms with Gasteiger partial charge in [0.05, 0.1) is 40.3 Å². The number of halogens is 1. The molecule has 41 heavy (non-hydrogen) atoms. The second kappa shape index (κ2) is 12.2. The molecule has 0 aliphatic carbocycles. The number of amides is 1. The highest BCUT2D eigenvalue weighted by Gasteiger charge is 2.23. The lowest BCUT2D eigenvalue weighted by Gasteiger charge is -2.16. The largest absolute Gasteiger partial charge is 0.495 e. The summed E-state index contributed by atoms with van der Waals surface area (Å²) in [5, 5.41) is 7.89. The fourth-order valence-electron chi connectivity index (χ4n) is 4.58. The van der Waals surface area contributed by atoms with Crippen molar-refractivity contribution in [2.24, 2.45) is 0 Å². The van der Waals surface area contributed by atoms with Crippen LogP contribution >= 0.6 is 11.8 Å². The Bertz CT molecular complexity index is 1620. The van der Waals surface area contributed by atoms with E-state index in [4.69, 9.17) is 39.7 Å². The quantitative estimate of drug-likeness (QED) is 0.180. The van der Waals surface area contributed by atoms with Crippen LogP contribution in [0.15, 0.2) is 75.8 Å². The van der Waals surface area contributed by atoms with Crippen molar-refractivity contribution >= 4 is 34.3 Å². The van der Waals surface area contributed by atoms with E-state index in [-0.39, 0.29) is 12.3 Å². The standard InChI is InChI=1S/C30H28ClN3O7/c1-36-25-10-9-17(21-16-32-41-28(21)19-13-26(37-2)29(39-4)27(14-19)38-3)12-22(25)33-30(35)23(34-31)15-20-11-18-7-5-6-8-24(18)40-20/h5-14,16,23,34H,15H2,1-4H3,(H,33,35). The maximum atomic E-state index is 13.3.